The molecule has 1 fully saturated rings. The Bertz CT molecular complexity index is 830. The summed E-state index contributed by atoms with van der Waals surface area (Å²) in [6.45, 7) is 1.41. The van der Waals surface area contributed by atoms with Crippen molar-refractivity contribution in [1.29, 1.82) is 0 Å². The van der Waals surface area contributed by atoms with Crippen LogP contribution in [-0.2, 0) is 20.7 Å². The van der Waals surface area contributed by atoms with Gasteiger partial charge in [0, 0.05) is 18.7 Å². The number of carbonyl (C=O) groups is 2. The van der Waals surface area contributed by atoms with Crippen LogP contribution in [0.15, 0.2) is 48.5 Å². The minimum absolute atomic E-state index is 0.0387. The molecule has 154 valence electrons. The Labute approximate surface area is 171 Å². The van der Waals surface area contributed by atoms with Gasteiger partial charge in [0.15, 0.2) is 11.5 Å². The first kappa shape index (κ1) is 20.7. The van der Waals surface area contributed by atoms with Crippen LogP contribution in [0.3, 0.4) is 0 Å². The third kappa shape index (κ3) is 5.28. The molecule has 1 heterocycles. The summed E-state index contributed by atoms with van der Waals surface area (Å²) in [4.78, 5) is 27.6. The molecule has 2 aromatic rings. The molecule has 1 amide bonds. The number of likely N-dealkylation sites (tertiary alicyclic amines) is 1. The Morgan fingerprint density at radius 1 is 0.931 bits per heavy atom. The van der Waals surface area contributed by atoms with Crippen LogP contribution < -0.4 is 9.47 Å². The Hall–Kier alpha value is -3.02. The van der Waals surface area contributed by atoms with Crippen molar-refractivity contribution < 1.29 is 23.8 Å². The fourth-order valence-electron chi connectivity index (χ4n) is 3.50. The van der Waals surface area contributed by atoms with E-state index < -0.39 is 12.1 Å². The van der Waals surface area contributed by atoms with E-state index in [4.69, 9.17) is 14.2 Å². The van der Waals surface area contributed by atoms with E-state index >= 15 is 0 Å². The first-order valence-electron chi connectivity index (χ1n) is 9.86. The standard InChI is InChI=1S/C23H27NO5/c1-27-19-12-11-17(15-20(19)28-2)16-21(25)29-22(18-9-5-3-6-10-18)23(26)24-13-7-4-8-14-24/h3,5-6,9-12,15,22H,4,7-8,13-14,16H2,1-2H3/t22-/m1/s1. The minimum atomic E-state index is -0.929. The monoisotopic (exact) mass is 397 g/mol. The summed E-state index contributed by atoms with van der Waals surface area (Å²) in [5.41, 5.74) is 1.41. The average Bonchev–Trinajstić information content (AvgIpc) is 2.78. The lowest BCUT2D eigenvalue weighted by Crippen LogP contribution is -2.40. The molecule has 6 nitrogen and oxygen atoms in total. The van der Waals surface area contributed by atoms with E-state index in [2.05, 4.69) is 0 Å². The molecule has 1 aliphatic rings. The molecule has 3 rings (SSSR count). The third-order valence-corrected chi connectivity index (χ3v) is 5.04. The lowest BCUT2D eigenvalue weighted by Gasteiger charge is -2.30. The molecule has 6 heteroatoms. The van der Waals surface area contributed by atoms with Gasteiger partial charge in [-0.25, -0.2) is 0 Å². The number of methoxy groups -OCH3 is 2. The van der Waals surface area contributed by atoms with Crippen LogP contribution in [0.4, 0.5) is 0 Å². The molecule has 0 aliphatic carbocycles. The molecule has 1 aliphatic heterocycles. The number of esters is 1. The predicted molar refractivity (Wildman–Crippen MR) is 109 cm³/mol. The number of amides is 1. The van der Waals surface area contributed by atoms with Gasteiger partial charge in [0.2, 0.25) is 6.10 Å². The van der Waals surface area contributed by atoms with Gasteiger partial charge in [-0.05, 0) is 37.0 Å². The zero-order valence-electron chi connectivity index (χ0n) is 16.9. The Kier molecular flexibility index (Phi) is 7.11. The second-order valence-corrected chi connectivity index (χ2v) is 7.03. The molecule has 1 atom stereocenters. The normalized spacial score (nSPS) is 14.8. The van der Waals surface area contributed by atoms with Crippen molar-refractivity contribution in [3.8, 4) is 11.5 Å². The molecule has 0 radical (unpaired) electrons. The lowest BCUT2D eigenvalue weighted by atomic mass is 10.1. The molecule has 0 saturated carbocycles. The zero-order chi connectivity index (χ0) is 20.6. The van der Waals surface area contributed by atoms with Gasteiger partial charge in [-0.2, -0.15) is 0 Å². The predicted octanol–water partition coefficient (Wildman–Crippen LogP) is 3.54. The van der Waals surface area contributed by atoms with Crippen molar-refractivity contribution >= 4 is 11.9 Å². The molecule has 29 heavy (non-hydrogen) atoms. The first-order chi connectivity index (χ1) is 14.1. The SMILES string of the molecule is COc1ccc(CC(=O)O[C@@H](C(=O)N2CCCCC2)c2ccccc2)cc1OC. The number of hydrogen-bond donors (Lipinski definition) is 0. The molecular formula is C23H27NO5. The third-order valence-electron chi connectivity index (χ3n) is 5.04. The second kappa shape index (κ2) is 9.96. The van der Waals surface area contributed by atoms with Crippen molar-refractivity contribution in [3.05, 3.63) is 59.7 Å². The highest BCUT2D eigenvalue weighted by atomic mass is 16.5. The van der Waals surface area contributed by atoms with E-state index in [0.717, 1.165) is 24.8 Å². The molecule has 0 spiro atoms. The van der Waals surface area contributed by atoms with Gasteiger partial charge < -0.3 is 19.1 Å². The van der Waals surface area contributed by atoms with E-state index in [0.29, 0.717) is 30.2 Å². The maximum absolute atomic E-state index is 13.1. The Morgan fingerprint density at radius 2 is 1.62 bits per heavy atom. The van der Waals surface area contributed by atoms with Crippen molar-refractivity contribution in [2.45, 2.75) is 31.8 Å². The number of hydrogen-bond acceptors (Lipinski definition) is 5. The summed E-state index contributed by atoms with van der Waals surface area (Å²) in [5.74, 6) is 0.516. The number of benzene rings is 2. The molecule has 2 aromatic carbocycles. The van der Waals surface area contributed by atoms with Gasteiger partial charge in [-0.3, -0.25) is 9.59 Å². The number of carbonyl (C=O) groups excluding carboxylic acids is 2. The van der Waals surface area contributed by atoms with Crippen molar-refractivity contribution in [3.63, 3.8) is 0 Å². The summed E-state index contributed by atoms with van der Waals surface area (Å²) in [5, 5.41) is 0. The number of ether oxygens (including phenoxy) is 3. The number of nitrogens with zero attached hydrogens (tertiary/aromatic N) is 1. The van der Waals surface area contributed by atoms with Crippen LogP contribution in [0.25, 0.3) is 0 Å². The largest absolute Gasteiger partial charge is 0.493 e. The molecule has 0 aromatic heterocycles. The van der Waals surface area contributed by atoms with Crippen LogP contribution in [0, 0.1) is 0 Å². The van der Waals surface area contributed by atoms with Crippen LogP contribution >= 0.6 is 0 Å². The van der Waals surface area contributed by atoms with E-state index in [-0.39, 0.29) is 12.3 Å². The van der Waals surface area contributed by atoms with Gasteiger partial charge in [-0.15, -0.1) is 0 Å². The van der Waals surface area contributed by atoms with Crippen molar-refractivity contribution in [1.82, 2.24) is 4.90 Å². The fraction of sp³-hybridized carbons (Fsp3) is 0.391. The van der Waals surface area contributed by atoms with E-state index in [1.807, 2.05) is 30.3 Å². The van der Waals surface area contributed by atoms with E-state index in [1.54, 1.807) is 37.3 Å². The topological polar surface area (TPSA) is 65.1 Å². The number of rotatable bonds is 7. The maximum atomic E-state index is 13.1. The number of piperidine rings is 1. The van der Waals surface area contributed by atoms with Crippen LogP contribution in [0.5, 0.6) is 11.5 Å². The molecule has 1 saturated heterocycles. The highest BCUT2D eigenvalue weighted by molar-refractivity contribution is 5.85. The smallest absolute Gasteiger partial charge is 0.311 e. The van der Waals surface area contributed by atoms with Gasteiger partial charge in [0.25, 0.3) is 5.91 Å². The first-order valence-corrected chi connectivity index (χ1v) is 9.86. The summed E-state index contributed by atoms with van der Waals surface area (Å²) in [6, 6.07) is 14.5. The van der Waals surface area contributed by atoms with Crippen LogP contribution in [0.2, 0.25) is 0 Å². The average molecular weight is 397 g/mol. The highest BCUT2D eigenvalue weighted by Crippen LogP contribution is 2.28. The summed E-state index contributed by atoms with van der Waals surface area (Å²) >= 11 is 0. The van der Waals surface area contributed by atoms with Gasteiger partial charge in [-0.1, -0.05) is 36.4 Å². The zero-order valence-corrected chi connectivity index (χ0v) is 16.9. The van der Waals surface area contributed by atoms with Gasteiger partial charge >= 0.3 is 5.97 Å². The van der Waals surface area contributed by atoms with E-state index in [9.17, 15) is 9.59 Å². The highest BCUT2D eigenvalue weighted by Gasteiger charge is 2.30. The van der Waals surface area contributed by atoms with Crippen LogP contribution in [-0.4, -0.2) is 44.1 Å². The van der Waals surface area contributed by atoms with Crippen molar-refractivity contribution in [2.75, 3.05) is 27.3 Å². The Morgan fingerprint density at radius 3 is 2.28 bits per heavy atom. The second-order valence-electron chi connectivity index (χ2n) is 7.03. The Balaban J connectivity index is 1.75. The molecule has 0 bridgehead atoms. The molecule has 0 N–H and O–H groups in total. The van der Waals surface area contributed by atoms with Gasteiger partial charge in [0.05, 0.1) is 20.6 Å². The quantitative estimate of drug-likeness (QED) is 0.669. The maximum Gasteiger partial charge on any atom is 0.311 e. The van der Waals surface area contributed by atoms with Crippen LogP contribution in [0.1, 0.15) is 36.5 Å². The minimum Gasteiger partial charge on any atom is -0.493 e. The van der Waals surface area contributed by atoms with Crippen molar-refractivity contribution in [2.24, 2.45) is 0 Å². The fourth-order valence-corrected chi connectivity index (χ4v) is 3.50. The summed E-state index contributed by atoms with van der Waals surface area (Å²) in [6.07, 6.45) is 2.19. The lowest BCUT2D eigenvalue weighted by molar-refractivity contribution is -0.160. The summed E-state index contributed by atoms with van der Waals surface area (Å²) < 4.78 is 16.2. The van der Waals surface area contributed by atoms with Gasteiger partial charge in [0.1, 0.15) is 0 Å². The molecular weight excluding hydrogens is 370 g/mol. The van der Waals surface area contributed by atoms with E-state index in [1.165, 1.54) is 0 Å². The molecule has 0 unspecified atom stereocenters. The summed E-state index contributed by atoms with van der Waals surface area (Å²) in [7, 11) is 3.10.